The minimum Gasteiger partial charge on any atom is -0.354 e. The molecule has 106 valence electrons. The molecule has 1 aliphatic rings. The monoisotopic (exact) mass is 301 g/mol. The van der Waals surface area contributed by atoms with Gasteiger partial charge in [0.1, 0.15) is 5.01 Å². The van der Waals surface area contributed by atoms with Gasteiger partial charge in [-0.15, -0.1) is 22.9 Å². The third-order valence-corrected chi connectivity index (χ3v) is 5.07. The number of amides is 1. The standard InChI is InChI=1S/C13H20ClN3OS/c1-17(2)13(4-3-5-13)9-15-11(18)6-12-16-10(7-14)8-19-12/h8H,3-7,9H2,1-2H3,(H,15,18). The summed E-state index contributed by atoms with van der Waals surface area (Å²) in [6.07, 6.45) is 3.92. The lowest BCUT2D eigenvalue weighted by atomic mass is 9.75. The van der Waals surface area contributed by atoms with Crippen LogP contribution in [0.2, 0.25) is 0 Å². The first kappa shape index (κ1) is 14.8. The van der Waals surface area contributed by atoms with E-state index in [0.29, 0.717) is 12.3 Å². The molecule has 4 nitrogen and oxygen atoms in total. The summed E-state index contributed by atoms with van der Waals surface area (Å²) in [5.74, 6) is 0.450. The summed E-state index contributed by atoms with van der Waals surface area (Å²) in [7, 11) is 4.16. The number of alkyl halides is 1. The molecule has 0 radical (unpaired) electrons. The Morgan fingerprint density at radius 3 is 2.79 bits per heavy atom. The Bertz CT molecular complexity index is 443. The van der Waals surface area contributed by atoms with Crippen LogP contribution in [0.4, 0.5) is 0 Å². The first-order chi connectivity index (χ1) is 9.05. The summed E-state index contributed by atoms with van der Waals surface area (Å²) in [6, 6.07) is 0. The van der Waals surface area contributed by atoms with E-state index >= 15 is 0 Å². The lowest BCUT2D eigenvalue weighted by molar-refractivity contribution is -0.121. The third-order valence-electron chi connectivity index (χ3n) is 3.90. The molecule has 1 fully saturated rings. The number of halogens is 1. The van der Waals surface area contributed by atoms with Gasteiger partial charge in [-0.3, -0.25) is 4.79 Å². The number of hydrogen-bond donors (Lipinski definition) is 1. The van der Waals surface area contributed by atoms with Crippen LogP contribution < -0.4 is 5.32 Å². The van der Waals surface area contributed by atoms with Crippen LogP contribution in [-0.4, -0.2) is 42.0 Å². The maximum Gasteiger partial charge on any atom is 0.226 e. The van der Waals surface area contributed by atoms with Crippen LogP contribution in [0.3, 0.4) is 0 Å². The molecule has 1 heterocycles. The Morgan fingerprint density at radius 1 is 1.58 bits per heavy atom. The van der Waals surface area contributed by atoms with Crippen LogP contribution in [0.5, 0.6) is 0 Å². The van der Waals surface area contributed by atoms with E-state index in [1.165, 1.54) is 17.8 Å². The van der Waals surface area contributed by atoms with Crippen molar-refractivity contribution in [3.05, 3.63) is 16.1 Å². The van der Waals surface area contributed by atoms with Crippen molar-refractivity contribution in [2.75, 3.05) is 20.6 Å². The van der Waals surface area contributed by atoms with E-state index in [0.717, 1.165) is 30.1 Å². The number of likely N-dealkylation sites (N-methyl/N-ethyl adjacent to an activating group) is 1. The van der Waals surface area contributed by atoms with Gasteiger partial charge < -0.3 is 10.2 Å². The zero-order valence-corrected chi connectivity index (χ0v) is 13.0. The second-order valence-electron chi connectivity index (χ2n) is 5.29. The van der Waals surface area contributed by atoms with E-state index in [2.05, 4.69) is 29.3 Å². The largest absolute Gasteiger partial charge is 0.354 e. The Morgan fingerprint density at radius 2 is 2.32 bits per heavy atom. The van der Waals surface area contributed by atoms with Gasteiger partial charge in [0, 0.05) is 17.5 Å². The second-order valence-corrected chi connectivity index (χ2v) is 6.50. The highest BCUT2D eigenvalue weighted by atomic mass is 35.5. The molecule has 1 aliphatic carbocycles. The highest BCUT2D eigenvalue weighted by Gasteiger charge is 2.39. The average molecular weight is 302 g/mol. The number of aromatic nitrogens is 1. The summed E-state index contributed by atoms with van der Waals surface area (Å²) in [4.78, 5) is 18.4. The lowest BCUT2D eigenvalue weighted by Gasteiger charge is -2.47. The van der Waals surface area contributed by atoms with E-state index in [4.69, 9.17) is 11.6 Å². The highest BCUT2D eigenvalue weighted by molar-refractivity contribution is 7.09. The first-order valence-electron chi connectivity index (χ1n) is 6.49. The Kier molecular flexibility index (Phi) is 4.81. The van der Waals surface area contributed by atoms with Crippen LogP contribution in [0, 0.1) is 0 Å². The fourth-order valence-electron chi connectivity index (χ4n) is 2.32. The molecule has 0 atom stereocenters. The topological polar surface area (TPSA) is 45.2 Å². The predicted octanol–water partition coefficient (Wildman–Crippen LogP) is 2.02. The zero-order chi connectivity index (χ0) is 13.9. The number of nitrogens with one attached hydrogen (secondary N) is 1. The molecule has 2 rings (SSSR count). The molecule has 0 aliphatic heterocycles. The van der Waals surface area contributed by atoms with Crippen LogP contribution >= 0.6 is 22.9 Å². The first-order valence-corrected chi connectivity index (χ1v) is 7.90. The van der Waals surface area contributed by atoms with Crippen molar-refractivity contribution in [3.8, 4) is 0 Å². The molecule has 0 unspecified atom stereocenters. The van der Waals surface area contributed by atoms with Gasteiger partial charge in [0.05, 0.1) is 18.0 Å². The van der Waals surface area contributed by atoms with E-state index in [-0.39, 0.29) is 11.4 Å². The Hall–Kier alpha value is -0.650. The average Bonchev–Trinajstić information content (AvgIpc) is 2.74. The Labute approximate surface area is 123 Å². The van der Waals surface area contributed by atoms with Gasteiger partial charge in [0.2, 0.25) is 5.91 Å². The van der Waals surface area contributed by atoms with Gasteiger partial charge in [-0.2, -0.15) is 0 Å². The smallest absolute Gasteiger partial charge is 0.226 e. The highest BCUT2D eigenvalue weighted by Crippen LogP contribution is 2.35. The molecule has 0 saturated heterocycles. The van der Waals surface area contributed by atoms with Gasteiger partial charge in [-0.1, -0.05) is 0 Å². The molecule has 1 aromatic heterocycles. The number of carbonyl (C=O) groups excluding carboxylic acids is 1. The third kappa shape index (κ3) is 3.46. The summed E-state index contributed by atoms with van der Waals surface area (Å²) >= 11 is 7.19. The maximum atomic E-state index is 11.9. The number of rotatable bonds is 6. The molecule has 1 N–H and O–H groups in total. The lowest BCUT2D eigenvalue weighted by Crippen LogP contribution is -2.57. The maximum absolute atomic E-state index is 11.9. The van der Waals surface area contributed by atoms with Gasteiger partial charge in [-0.25, -0.2) is 4.98 Å². The second kappa shape index (κ2) is 6.20. The van der Waals surface area contributed by atoms with Crippen molar-refractivity contribution in [1.82, 2.24) is 15.2 Å². The van der Waals surface area contributed by atoms with Crippen molar-refractivity contribution < 1.29 is 4.79 Å². The molecule has 1 aromatic rings. The molecule has 0 bridgehead atoms. The fourth-order valence-corrected chi connectivity index (χ4v) is 3.34. The molecule has 0 aromatic carbocycles. The molecule has 1 amide bonds. The minimum absolute atomic E-state index is 0.0450. The zero-order valence-electron chi connectivity index (χ0n) is 11.4. The van der Waals surface area contributed by atoms with Crippen LogP contribution in [0.15, 0.2) is 5.38 Å². The summed E-state index contributed by atoms with van der Waals surface area (Å²) in [6.45, 7) is 0.729. The van der Waals surface area contributed by atoms with Gasteiger partial charge >= 0.3 is 0 Å². The molecule has 19 heavy (non-hydrogen) atoms. The normalized spacial score (nSPS) is 17.3. The van der Waals surface area contributed by atoms with E-state index in [1.54, 1.807) is 0 Å². The fraction of sp³-hybridized carbons (Fsp3) is 0.692. The molecule has 1 saturated carbocycles. The van der Waals surface area contributed by atoms with Gasteiger partial charge in [-0.05, 0) is 33.4 Å². The SMILES string of the molecule is CN(C)C1(CNC(=O)Cc2nc(CCl)cs2)CCC1. The number of carbonyl (C=O) groups is 1. The number of nitrogens with zero attached hydrogens (tertiary/aromatic N) is 2. The van der Waals surface area contributed by atoms with E-state index in [1.807, 2.05) is 5.38 Å². The van der Waals surface area contributed by atoms with Crippen molar-refractivity contribution in [2.24, 2.45) is 0 Å². The van der Waals surface area contributed by atoms with Gasteiger partial charge in [0.15, 0.2) is 0 Å². The van der Waals surface area contributed by atoms with Crippen molar-refractivity contribution in [2.45, 2.75) is 37.1 Å². The quantitative estimate of drug-likeness (QED) is 0.818. The summed E-state index contributed by atoms with van der Waals surface area (Å²) < 4.78 is 0. The van der Waals surface area contributed by atoms with Crippen LogP contribution in [0.1, 0.15) is 30.0 Å². The Balaban J connectivity index is 1.81. The van der Waals surface area contributed by atoms with Crippen LogP contribution in [-0.2, 0) is 17.1 Å². The summed E-state index contributed by atoms with van der Waals surface area (Å²) in [5, 5.41) is 5.78. The minimum atomic E-state index is 0.0450. The van der Waals surface area contributed by atoms with Crippen molar-refractivity contribution >= 4 is 28.8 Å². The molecular weight excluding hydrogens is 282 g/mol. The molecular formula is C13H20ClN3OS. The summed E-state index contributed by atoms with van der Waals surface area (Å²) in [5.41, 5.74) is 1.01. The van der Waals surface area contributed by atoms with E-state index < -0.39 is 0 Å². The van der Waals surface area contributed by atoms with Crippen molar-refractivity contribution in [1.29, 1.82) is 0 Å². The van der Waals surface area contributed by atoms with E-state index in [9.17, 15) is 4.79 Å². The van der Waals surface area contributed by atoms with Crippen molar-refractivity contribution in [3.63, 3.8) is 0 Å². The predicted molar refractivity (Wildman–Crippen MR) is 78.7 cm³/mol. The molecule has 6 heteroatoms. The number of thiazole rings is 1. The van der Waals surface area contributed by atoms with Crippen LogP contribution in [0.25, 0.3) is 0 Å². The molecule has 0 spiro atoms. The van der Waals surface area contributed by atoms with Gasteiger partial charge in [0.25, 0.3) is 0 Å². The number of hydrogen-bond acceptors (Lipinski definition) is 4.